The number of para-hydroxylation sites is 2. The van der Waals surface area contributed by atoms with E-state index in [0.717, 1.165) is 18.2 Å². The molecule has 0 radical (unpaired) electrons. The molecule has 0 bridgehead atoms. The molecule has 2 aliphatic rings. The zero-order valence-corrected chi connectivity index (χ0v) is 16.3. The van der Waals surface area contributed by atoms with Crippen LogP contribution < -0.4 is 9.64 Å². The maximum Gasteiger partial charge on any atom is 0.202 e. The number of thiocarbonyl (C=S) groups is 1. The summed E-state index contributed by atoms with van der Waals surface area (Å²) in [5.41, 5.74) is 1.19. The van der Waals surface area contributed by atoms with Gasteiger partial charge in [0.15, 0.2) is 0 Å². The highest BCUT2D eigenvalue weighted by molar-refractivity contribution is 7.79. The van der Waals surface area contributed by atoms with Crippen LogP contribution in [0.1, 0.15) is 51.9 Å². The molecule has 1 saturated heterocycles. The summed E-state index contributed by atoms with van der Waals surface area (Å²) in [6, 6.07) is 8.26. The second kappa shape index (κ2) is 9.54. The minimum absolute atomic E-state index is 0.0817. The van der Waals surface area contributed by atoms with Gasteiger partial charge in [-0.15, -0.1) is 0 Å². The number of ether oxygens (including phenoxy) is 1. The Morgan fingerprint density at radius 3 is 2.64 bits per heavy atom. The quantitative estimate of drug-likeness (QED) is 0.460. The molecular formula is C21H32N2OS. The molecule has 1 fully saturated rings. The van der Waals surface area contributed by atoms with Gasteiger partial charge in [0, 0.05) is 11.9 Å². The van der Waals surface area contributed by atoms with Crippen LogP contribution in [-0.4, -0.2) is 42.7 Å². The number of piperidine rings is 1. The van der Waals surface area contributed by atoms with E-state index in [1.54, 1.807) is 5.37 Å². The smallest absolute Gasteiger partial charge is 0.202 e. The van der Waals surface area contributed by atoms with Gasteiger partial charge in [0.25, 0.3) is 0 Å². The van der Waals surface area contributed by atoms with Crippen molar-refractivity contribution in [3.63, 3.8) is 0 Å². The van der Waals surface area contributed by atoms with E-state index in [2.05, 4.69) is 28.9 Å². The molecule has 0 amide bonds. The van der Waals surface area contributed by atoms with Gasteiger partial charge in [0.1, 0.15) is 5.75 Å². The van der Waals surface area contributed by atoms with E-state index >= 15 is 0 Å². The molecular weight excluding hydrogens is 328 g/mol. The first-order valence-corrected chi connectivity index (χ1v) is 10.5. The number of likely N-dealkylation sites (tertiary alicyclic amines) is 1. The lowest BCUT2D eigenvalue weighted by Gasteiger charge is -2.32. The fraction of sp³-hybridized carbons (Fsp3) is 0.667. The molecule has 0 N–H and O–H groups in total. The van der Waals surface area contributed by atoms with Crippen LogP contribution in [0.3, 0.4) is 0 Å². The van der Waals surface area contributed by atoms with Crippen LogP contribution in [0.2, 0.25) is 0 Å². The summed E-state index contributed by atoms with van der Waals surface area (Å²) in [4.78, 5) is 4.97. The standard InChI is InChI=1S/C21H32N2OS/c1-2-3-8-18-11-15-22(16-12-18)13-6-7-14-23-19-9-4-5-10-20(19)24-21(23)17-25/h4-5,9-10,17-18,21H,2-3,6-8,11-16H2,1H3. The number of unbranched alkanes of at least 4 members (excludes halogenated alkanes) is 2. The van der Waals surface area contributed by atoms with Gasteiger partial charge in [-0.05, 0) is 63.4 Å². The molecule has 1 atom stereocenters. The molecule has 138 valence electrons. The largest absolute Gasteiger partial charge is 0.464 e. The van der Waals surface area contributed by atoms with Crippen LogP contribution in [0.4, 0.5) is 5.69 Å². The van der Waals surface area contributed by atoms with E-state index < -0.39 is 0 Å². The Balaban J connectivity index is 1.37. The molecule has 1 aromatic carbocycles. The summed E-state index contributed by atoms with van der Waals surface area (Å²) in [5, 5.41) is 1.74. The molecule has 0 saturated carbocycles. The highest BCUT2D eigenvalue weighted by Gasteiger charge is 2.28. The van der Waals surface area contributed by atoms with Gasteiger partial charge in [0.05, 0.1) is 5.69 Å². The van der Waals surface area contributed by atoms with Crippen LogP contribution in [0.25, 0.3) is 0 Å². The number of anilines is 1. The molecule has 3 nitrogen and oxygen atoms in total. The number of benzene rings is 1. The predicted molar refractivity (Wildman–Crippen MR) is 110 cm³/mol. The van der Waals surface area contributed by atoms with E-state index in [1.807, 2.05) is 12.1 Å². The molecule has 25 heavy (non-hydrogen) atoms. The van der Waals surface area contributed by atoms with Crippen molar-refractivity contribution in [1.82, 2.24) is 4.90 Å². The van der Waals surface area contributed by atoms with Crippen LogP contribution in [-0.2, 0) is 0 Å². The third kappa shape index (κ3) is 4.95. The summed E-state index contributed by atoms with van der Waals surface area (Å²) in [6.45, 7) is 7.15. The number of nitrogens with zero attached hydrogens (tertiary/aromatic N) is 2. The highest BCUT2D eigenvalue weighted by atomic mass is 32.1. The lowest BCUT2D eigenvalue weighted by atomic mass is 9.91. The van der Waals surface area contributed by atoms with E-state index in [1.165, 1.54) is 70.3 Å². The molecule has 3 rings (SSSR count). The highest BCUT2D eigenvalue weighted by Crippen LogP contribution is 2.36. The van der Waals surface area contributed by atoms with Gasteiger partial charge >= 0.3 is 0 Å². The van der Waals surface area contributed by atoms with Gasteiger partial charge < -0.3 is 14.5 Å². The summed E-state index contributed by atoms with van der Waals surface area (Å²) in [6.07, 6.45) is 9.35. The zero-order valence-electron chi connectivity index (χ0n) is 15.5. The Labute approximate surface area is 158 Å². The molecule has 2 aliphatic heterocycles. The summed E-state index contributed by atoms with van der Waals surface area (Å²) in [5.74, 6) is 1.94. The first kappa shape index (κ1) is 18.7. The van der Waals surface area contributed by atoms with Crippen LogP contribution in [0, 0.1) is 5.92 Å². The third-order valence-corrected chi connectivity index (χ3v) is 5.88. The molecule has 0 aliphatic carbocycles. The van der Waals surface area contributed by atoms with Gasteiger partial charge in [-0.3, -0.25) is 0 Å². The first-order chi connectivity index (χ1) is 12.3. The number of fused-ring (bicyclic) bond motifs is 1. The number of hydrogen-bond donors (Lipinski definition) is 0. The summed E-state index contributed by atoms with van der Waals surface area (Å²) < 4.78 is 5.92. The van der Waals surface area contributed by atoms with Crippen molar-refractivity contribution in [3.8, 4) is 5.75 Å². The fourth-order valence-corrected chi connectivity index (χ4v) is 4.29. The van der Waals surface area contributed by atoms with Crippen molar-refractivity contribution in [1.29, 1.82) is 0 Å². The number of hydrogen-bond acceptors (Lipinski definition) is 4. The fourth-order valence-electron chi connectivity index (χ4n) is 4.08. The SMILES string of the molecule is CCCCC1CCN(CCCCN2c3ccccc3OC2C=S)CC1. The summed E-state index contributed by atoms with van der Waals surface area (Å²) >= 11 is 5.16. The second-order valence-corrected chi connectivity index (χ2v) is 7.71. The average molecular weight is 361 g/mol. The Bertz CT molecular complexity index is 542. The summed E-state index contributed by atoms with van der Waals surface area (Å²) in [7, 11) is 0. The van der Waals surface area contributed by atoms with Crippen LogP contribution in [0.5, 0.6) is 5.75 Å². The van der Waals surface area contributed by atoms with Crippen molar-refractivity contribution < 1.29 is 4.74 Å². The Kier molecular flexibility index (Phi) is 7.12. The molecule has 0 spiro atoms. The number of rotatable bonds is 9. The van der Waals surface area contributed by atoms with E-state index in [-0.39, 0.29) is 6.23 Å². The zero-order chi connectivity index (χ0) is 17.5. The normalized spacial score (nSPS) is 21.2. The molecule has 1 unspecified atom stereocenters. The Morgan fingerprint density at radius 1 is 1.12 bits per heavy atom. The topological polar surface area (TPSA) is 15.7 Å². The molecule has 0 aromatic heterocycles. The van der Waals surface area contributed by atoms with Gasteiger partial charge in [-0.1, -0.05) is 50.5 Å². The van der Waals surface area contributed by atoms with E-state index in [0.29, 0.717) is 0 Å². The van der Waals surface area contributed by atoms with Crippen molar-refractivity contribution in [3.05, 3.63) is 24.3 Å². The molecule has 4 heteroatoms. The van der Waals surface area contributed by atoms with Crippen molar-refractivity contribution in [2.45, 2.75) is 58.1 Å². The van der Waals surface area contributed by atoms with E-state index in [9.17, 15) is 0 Å². The Hall–Kier alpha value is -1.13. The molecule has 1 aromatic rings. The predicted octanol–water partition coefficient (Wildman–Crippen LogP) is 4.89. The van der Waals surface area contributed by atoms with Gasteiger partial charge in [0.2, 0.25) is 6.23 Å². The van der Waals surface area contributed by atoms with Crippen molar-refractivity contribution in [2.75, 3.05) is 31.1 Å². The maximum absolute atomic E-state index is 5.92. The minimum Gasteiger partial charge on any atom is -0.464 e. The maximum atomic E-state index is 5.92. The lowest BCUT2D eigenvalue weighted by molar-refractivity contribution is 0.175. The first-order valence-electron chi connectivity index (χ1n) is 10.0. The van der Waals surface area contributed by atoms with Gasteiger partial charge in [-0.25, -0.2) is 0 Å². The Morgan fingerprint density at radius 2 is 1.88 bits per heavy atom. The van der Waals surface area contributed by atoms with Crippen LogP contribution >= 0.6 is 12.2 Å². The third-order valence-electron chi connectivity index (χ3n) is 5.64. The minimum atomic E-state index is -0.0817. The van der Waals surface area contributed by atoms with Crippen molar-refractivity contribution in [2.24, 2.45) is 5.92 Å². The lowest BCUT2D eigenvalue weighted by Crippen LogP contribution is -2.37. The second-order valence-electron chi connectivity index (χ2n) is 7.44. The van der Waals surface area contributed by atoms with Gasteiger partial charge in [-0.2, -0.15) is 0 Å². The average Bonchev–Trinajstić information content (AvgIpc) is 3.02. The van der Waals surface area contributed by atoms with Crippen LogP contribution in [0.15, 0.2) is 24.3 Å². The molecule has 2 heterocycles. The van der Waals surface area contributed by atoms with Crippen molar-refractivity contribution >= 4 is 23.3 Å². The monoisotopic (exact) mass is 360 g/mol. The van der Waals surface area contributed by atoms with E-state index in [4.69, 9.17) is 17.0 Å².